The van der Waals surface area contributed by atoms with Crippen molar-refractivity contribution in [2.45, 2.75) is 13.3 Å². The Labute approximate surface area is 102 Å². The van der Waals surface area contributed by atoms with Gasteiger partial charge in [-0.15, -0.1) is 0 Å². The molecule has 1 atom stereocenters. The number of rotatable bonds is 3. The van der Waals surface area contributed by atoms with Crippen LogP contribution < -0.4 is 10.9 Å². The molecular weight excluding hydrogens is 238 g/mol. The summed E-state index contributed by atoms with van der Waals surface area (Å²) in [4.78, 5) is 22.6. The van der Waals surface area contributed by atoms with Gasteiger partial charge in [0.1, 0.15) is 11.4 Å². The van der Waals surface area contributed by atoms with Crippen LogP contribution in [0.5, 0.6) is 0 Å². The first-order valence-electron chi connectivity index (χ1n) is 5.27. The van der Waals surface area contributed by atoms with Gasteiger partial charge in [0.05, 0.1) is 0 Å². The molecule has 1 aromatic carbocycles. The van der Waals surface area contributed by atoms with Gasteiger partial charge in [0.25, 0.3) is 0 Å². The fourth-order valence-electron chi connectivity index (χ4n) is 1.69. The van der Waals surface area contributed by atoms with Crippen LogP contribution >= 0.6 is 0 Å². The van der Waals surface area contributed by atoms with E-state index in [0.29, 0.717) is 11.0 Å². The maximum absolute atomic E-state index is 11.6. The molecule has 1 heterocycles. The number of quaternary nitrogens is 1. The molecule has 18 heavy (non-hydrogen) atoms. The van der Waals surface area contributed by atoms with Gasteiger partial charge < -0.3 is 9.62 Å². The van der Waals surface area contributed by atoms with Crippen LogP contribution in [0.4, 0.5) is 5.69 Å². The molecule has 1 aromatic heterocycles. The maximum Gasteiger partial charge on any atom is 0.339 e. The SMILES string of the molecule is CC(=O)Cc1cc2cc([NH+]([O-])O)ccc2oc1=O. The zero-order chi connectivity index (χ0) is 13.3. The van der Waals surface area contributed by atoms with E-state index < -0.39 is 10.9 Å². The van der Waals surface area contributed by atoms with E-state index in [-0.39, 0.29) is 23.5 Å². The number of hydrogen-bond acceptors (Lipinski definition) is 5. The van der Waals surface area contributed by atoms with E-state index in [1.807, 2.05) is 0 Å². The lowest BCUT2D eigenvalue weighted by molar-refractivity contribution is -0.991. The Hall–Kier alpha value is -2.02. The van der Waals surface area contributed by atoms with E-state index >= 15 is 0 Å². The molecular formula is C12H11NO5. The molecule has 6 nitrogen and oxygen atoms in total. The summed E-state index contributed by atoms with van der Waals surface area (Å²) in [6, 6.07) is 5.69. The van der Waals surface area contributed by atoms with Crippen molar-refractivity contribution in [3.8, 4) is 0 Å². The molecule has 2 N–H and O–H groups in total. The van der Waals surface area contributed by atoms with Crippen LogP contribution in [0.3, 0.4) is 0 Å². The lowest BCUT2D eigenvalue weighted by Crippen LogP contribution is -2.99. The predicted molar refractivity (Wildman–Crippen MR) is 62.6 cm³/mol. The second-order valence-electron chi connectivity index (χ2n) is 4.00. The Kier molecular flexibility index (Phi) is 3.24. The minimum absolute atomic E-state index is 0.0183. The summed E-state index contributed by atoms with van der Waals surface area (Å²) >= 11 is 0. The minimum atomic E-state index is -1.06. The molecule has 0 fully saturated rings. The standard InChI is InChI=1S/C12H11NO5/c1-7(14)4-9-5-8-6-10(13(16)17)2-3-11(8)18-12(9)15/h2-3,5-6,13,16H,4H2,1H3. The highest BCUT2D eigenvalue weighted by Gasteiger charge is 2.09. The number of carbonyl (C=O) groups excluding carboxylic acids is 1. The van der Waals surface area contributed by atoms with Crippen LogP contribution in [-0.4, -0.2) is 11.0 Å². The first kappa shape index (κ1) is 12.4. The summed E-state index contributed by atoms with van der Waals surface area (Å²) in [6.45, 7) is 1.37. The van der Waals surface area contributed by atoms with Gasteiger partial charge in [0.2, 0.25) is 0 Å². The van der Waals surface area contributed by atoms with Crippen molar-refractivity contribution in [1.29, 1.82) is 0 Å². The number of benzene rings is 1. The van der Waals surface area contributed by atoms with Gasteiger partial charge in [-0.25, -0.2) is 10.0 Å². The average Bonchev–Trinajstić information content (AvgIpc) is 2.28. The van der Waals surface area contributed by atoms with Crippen molar-refractivity contribution < 1.29 is 19.6 Å². The van der Waals surface area contributed by atoms with Gasteiger partial charge in [-0.2, -0.15) is 5.23 Å². The molecule has 1 unspecified atom stereocenters. The van der Waals surface area contributed by atoms with Crippen LogP contribution in [0.25, 0.3) is 11.0 Å². The first-order chi connectivity index (χ1) is 8.47. The molecule has 0 aliphatic heterocycles. The molecule has 0 amide bonds. The molecule has 0 radical (unpaired) electrons. The highest BCUT2D eigenvalue weighted by atomic mass is 16.8. The van der Waals surface area contributed by atoms with E-state index in [9.17, 15) is 14.8 Å². The fraction of sp³-hybridized carbons (Fsp3) is 0.167. The molecule has 0 aliphatic carbocycles. The molecule has 2 aromatic rings. The molecule has 0 saturated heterocycles. The van der Waals surface area contributed by atoms with Crippen molar-refractivity contribution in [3.05, 3.63) is 45.5 Å². The van der Waals surface area contributed by atoms with Crippen molar-refractivity contribution >= 4 is 22.4 Å². The maximum atomic E-state index is 11.6. The van der Waals surface area contributed by atoms with Crippen LogP contribution in [0.1, 0.15) is 12.5 Å². The normalized spacial score (nSPS) is 12.6. The van der Waals surface area contributed by atoms with Crippen LogP contribution in [0.15, 0.2) is 33.5 Å². The van der Waals surface area contributed by atoms with E-state index in [1.54, 1.807) is 0 Å². The van der Waals surface area contributed by atoms with Gasteiger partial charge in [0, 0.05) is 29.5 Å². The molecule has 0 bridgehead atoms. The molecule has 94 valence electrons. The zero-order valence-electron chi connectivity index (χ0n) is 9.60. The van der Waals surface area contributed by atoms with Crippen LogP contribution in [0, 0.1) is 5.21 Å². The summed E-state index contributed by atoms with van der Waals surface area (Å²) in [5.41, 5.74) is 0.0701. The van der Waals surface area contributed by atoms with Gasteiger partial charge in [-0.05, 0) is 19.1 Å². The van der Waals surface area contributed by atoms with Crippen molar-refractivity contribution in [2.24, 2.45) is 0 Å². The van der Waals surface area contributed by atoms with Crippen molar-refractivity contribution in [2.75, 3.05) is 0 Å². The number of Topliss-reactive ketones (excluding diaryl/α,β-unsaturated/α-hetero) is 1. The smallest absolute Gasteiger partial charge is 0.339 e. The number of hydrogen-bond donors (Lipinski definition) is 2. The quantitative estimate of drug-likeness (QED) is 0.603. The topological polar surface area (TPSA) is 95.0 Å². The third kappa shape index (κ3) is 2.45. The number of carbonyl (C=O) groups is 1. The average molecular weight is 249 g/mol. The Morgan fingerprint density at radius 2 is 2.17 bits per heavy atom. The van der Waals surface area contributed by atoms with Crippen LogP contribution in [-0.2, 0) is 11.2 Å². The second kappa shape index (κ2) is 4.69. The first-order valence-corrected chi connectivity index (χ1v) is 5.27. The number of ketones is 1. The predicted octanol–water partition coefficient (Wildman–Crippen LogP) is 0.328. The summed E-state index contributed by atoms with van der Waals surface area (Å²) in [7, 11) is 0. The molecule has 0 aliphatic rings. The van der Waals surface area contributed by atoms with Gasteiger partial charge in [-0.3, -0.25) is 4.79 Å². The number of nitrogens with one attached hydrogen (secondary N) is 1. The monoisotopic (exact) mass is 249 g/mol. The van der Waals surface area contributed by atoms with E-state index in [2.05, 4.69) is 0 Å². The van der Waals surface area contributed by atoms with Gasteiger partial charge >= 0.3 is 5.63 Å². The Bertz CT molecular complexity index is 659. The summed E-state index contributed by atoms with van der Waals surface area (Å²) in [5.74, 6) is -0.156. The zero-order valence-corrected chi connectivity index (χ0v) is 9.60. The molecule has 0 spiro atoms. The van der Waals surface area contributed by atoms with E-state index in [0.717, 1.165) is 0 Å². The minimum Gasteiger partial charge on any atom is -0.595 e. The van der Waals surface area contributed by atoms with Crippen molar-refractivity contribution in [1.82, 2.24) is 0 Å². The Balaban J connectivity index is 2.59. The highest BCUT2D eigenvalue weighted by molar-refractivity contribution is 5.82. The number of fused-ring (bicyclic) bond motifs is 1. The van der Waals surface area contributed by atoms with Gasteiger partial charge in [-0.1, -0.05) is 0 Å². The van der Waals surface area contributed by atoms with Gasteiger partial charge in [0.15, 0.2) is 5.69 Å². The molecule has 0 saturated carbocycles. The Morgan fingerprint density at radius 3 is 2.78 bits per heavy atom. The van der Waals surface area contributed by atoms with E-state index in [4.69, 9.17) is 9.62 Å². The largest absolute Gasteiger partial charge is 0.595 e. The lowest BCUT2D eigenvalue weighted by Gasteiger charge is -2.11. The highest BCUT2D eigenvalue weighted by Crippen LogP contribution is 2.16. The summed E-state index contributed by atoms with van der Waals surface area (Å²) < 4.78 is 5.03. The third-order valence-corrected chi connectivity index (χ3v) is 2.49. The molecule has 2 rings (SSSR count). The lowest BCUT2D eigenvalue weighted by atomic mass is 10.1. The van der Waals surface area contributed by atoms with E-state index in [1.165, 1.54) is 31.2 Å². The summed E-state index contributed by atoms with van der Waals surface area (Å²) in [6.07, 6.45) is -0.0183. The summed E-state index contributed by atoms with van der Waals surface area (Å²) in [5, 5.41) is 19.1. The van der Waals surface area contributed by atoms with Crippen molar-refractivity contribution in [3.63, 3.8) is 0 Å². The molecule has 6 heteroatoms. The fourth-order valence-corrected chi connectivity index (χ4v) is 1.69. The third-order valence-electron chi connectivity index (χ3n) is 2.49. The second-order valence-corrected chi connectivity index (χ2v) is 4.00. The van der Waals surface area contributed by atoms with Crippen LogP contribution in [0.2, 0.25) is 0 Å². The Morgan fingerprint density at radius 1 is 1.44 bits per heavy atom.